The van der Waals surface area contributed by atoms with Crippen molar-refractivity contribution in [3.05, 3.63) is 34.9 Å². The Morgan fingerprint density at radius 1 is 1.32 bits per heavy atom. The van der Waals surface area contributed by atoms with Gasteiger partial charge in [0, 0.05) is 19.2 Å². The predicted molar refractivity (Wildman–Crippen MR) is 76.8 cm³/mol. The van der Waals surface area contributed by atoms with Crippen molar-refractivity contribution in [2.75, 3.05) is 33.4 Å². The number of ketones is 1. The Balaban J connectivity index is 1.99. The lowest BCUT2D eigenvalue weighted by molar-refractivity contribution is 0.0902. The largest absolute Gasteiger partial charge is 0.383 e. The summed E-state index contributed by atoms with van der Waals surface area (Å²) in [6.07, 6.45) is 3.51. The van der Waals surface area contributed by atoms with Crippen LogP contribution in [-0.2, 0) is 17.6 Å². The monoisotopic (exact) mass is 261 g/mol. The molecule has 0 aromatic heterocycles. The highest BCUT2D eigenvalue weighted by Gasteiger charge is 2.15. The molecule has 3 heteroatoms. The summed E-state index contributed by atoms with van der Waals surface area (Å²) in [5, 5.41) is 0. The highest BCUT2D eigenvalue weighted by atomic mass is 16.5. The topological polar surface area (TPSA) is 29.5 Å². The summed E-state index contributed by atoms with van der Waals surface area (Å²) in [5.41, 5.74) is 3.64. The van der Waals surface area contributed by atoms with Crippen LogP contribution in [0, 0.1) is 0 Å². The number of carbonyl (C=O) groups excluding carboxylic acids is 1. The number of likely N-dealkylation sites (N-methyl/N-ethyl adjacent to an activating group) is 1. The molecule has 0 N–H and O–H groups in total. The van der Waals surface area contributed by atoms with E-state index >= 15 is 0 Å². The van der Waals surface area contributed by atoms with Crippen LogP contribution in [-0.4, -0.2) is 44.0 Å². The van der Waals surface area contributed by atoms with E-state index in [-0.39, 0.29) is 5.78 Å². The third-order valence-electron chi connectivity index (χ3n) is 3.85. The summed E-state index contributed by atoms with van der Waals surface area (Å²) in [7, 11) is 1.69. The molecule has 19 heavy (non-hydrogen) atoms. The average Bonchev–Trinajstić information content (AvgIpc) is 2.90. The number of hydrogen-bond donors (Lipinski definition) is 0. The molecule has 1 aliphatic rings. The number of fused-ring (bicyclic) bond motifs is 1. The number of Topliss-reactive ketones (excluding diaryl/α,β-unsaturated/α-hetero) is 1. The SMILES string of the molecule is CCN(CCOC)CC(=O)c1ccc2c(c1)CCC2. The molecule has 104 valence electrons. The number of ether oxygens (including phenoxy) is 1. The van der Waals surface area contributed by atoms with Crippen LogP contribution in [0.2, 0.25) is 0 Å². The lowest BCUT2D eigenvalue weighted by Gasteiger charge is -2.19. The van der Waals surface area contributed by atoms with E-state index < -0.39 is 0 Å². The van der Waals surface area contributed by atoms with Crippen molar-refractivity contribution in [2.45, 2.75) is 26.2 Å². The highest BCUT2D eigenvalue weighted by molar-refractivity contribution is 5.97. The van der Waals surface area contributed by atoms with Crippen LogP contribution in [0.1, 0.15) is 34.8 Å². The van der Waals surface area contributed by atoms with Gasteiger partial charge in [-0.15, -0.1) is 0 Å². The van der Waals surface area contributed by atoms with E-state index in [2.05, 4.69) is 24.0 Å². The fraction of sp³-hybridized carbons (Fsp3) is 0.562. The zero-order valence-corrected chi connectivity index (χ0v) is 11.9. The molecule has 0 saturated heterocycles. The van der Waals surface area contributed by atoms with E-state index in [1.54, 1.807) is 7.11 Å². The van der Waals surface area contributed by atoms with Gasteiger partial charge in [-0.25, -0.2) is 0 Å². The Kier molecular flexibility index (Phi) is 5.11. The van der Waals surface area contributed by atoms with Crippen LogP contribution >= 0.6 is 0 Å². The average molecular weight is 261 g/mol. The minimum atomic E-state index is 0.215. The van der Waals surface area contributed by atoms with Crippen molar-refractivity contribution in [3.8, 4) is 0 Å². The first-order chi connectivity index (χ1) is 9.24. The molecule has 2 rings (SSSR count). The highest BCUT2D eigenvalue weighted by Crippen LogP contribution is 2.23. The van der Waals surface area contributed by atoms with Gasteiger partial charge in [0.15, 0.2) is 5.78 Å². The predicted octanol–water partition coefficient (Wildman–Crippen LogP) is 2.33. The second-order valence-electron chi connectivity index (χ2n) is 5.12. The second-order valence-corrected chi connectivity index (χ2v) is 5.12. The molecule has 0 heterocycles. The van der Waals surface area contributed by atoms with Gasteiger partial charge in [-0.05, 0) is 43.0 Å². The number of rotatable bonds is 7. The quantitative estimate of drug-likeness (QED) is 0.706. The number of nitrogens with zero attached hydrogens (tertiary/aromatic N) is 1. The van der Waals surface area contributed by atoms with Gasteiger partial charge in [-0.3, -0.25) is 9.69 Å². The Bertz CT molecular complexity index is 442. The molecular weight excluding hydrogens is 238 g/mol. The van der Waals surface area contributed by atoms with E-state index in [4.69, 9.17) is 4.74 Å². The molecule has 0 bridgehead atoms. The van der Waals surface area contributed by atoms with Crippen molar-refractivity contribution in [2.24, 2.45) is 0 Å². The molecule has 0 atom stereocenters. The van der Waals surface area contributed by atoms with Crippen LogP contribution in [0.5, 0.6) is 0 Å². The van der Waals surface area contributed by atoms with Gasteiger partial charge in [-0.1, -0.05) is 19.1 Å². The molecule has 1 aromatic carbocycles. The summed E-state index contributed by atoms with van der Waals surface area (Å²) in [6, 6.07) is 6.20. The molecule has 0 saturated carbocycles. The van der Waals surface area contributed by atoms with Crippen LogP contribution in [0.3, 0.4) is 0 Å². The Hall–Kier alpha value is -1.19. The smallest absolute Gasteiger partial charge is 0.176 e. The van der Waals surface area contributed by atoms with E-state index in [0.717, 1.165) is 25.1 Å². The normalized spacial score (nSPS) is 13.8. The van der Waals surface area contributed by atoms with Gasteiger partial charge in [0.2, 0.25) is 0 Å². The van der Waals surface area contributed by atoms with Crippen molar-refractivity contribution in [1.29, 1.82) is 0 Å². The van der Waals surface area contributed by atoms with Crippen molar-refractivity contribution < 1.29 is 9.53 Å². The third-order valence-corrected chi connectivity index (χ3v) is 3.85. The number of hydrogen-bond acceptors (Lipinski definition) is 3. The molecule has 1 aliphatic carbocycles. The fourth-order valence-electron chi connectivity index (χ4n) is 2.61. The first-order valence-corrected chi connectivity index (χ1v) is 7.11. The maximum absolute atomic E-state index is 12.3. The number of benzene rings is 1. The zero-order valence-electron chi connectivity index (χ0n) is 11.9. The fourth-order valence-corrected chi connectivity index (χ4v) is 2.61. The third kappa shape index (κ3) is 3.64. The van der Waals surface area contributed by atoms with Crippen molar-refractivity contribution >= 4 is 5.78 Å². The summed E-state index contributed by atoms with van der Waals surface area (Å²) in [5.74, 6) is 0.215. The van der Waals surface area contributed by atoms with Gasteiger partial charge >= 0.3 is 0 Å². The van der Waals surface area contributed by atoms with Crippen LogP contribution in [0.4, 0.5) is 0 Å². The molecule has 0 radical (unpaired) electrons. The number of methoxy groups -OCH3 is 1. The minimum Gasteiger partial charge on any atom is -0.383 e. The molecular formula is C16H23NO2. The first kappa shape index (κ1) is 14.2. The standard InChI is InChI=1S/C16H23NO2/c1-3-17(9-10-19-2)12-16(18)15-8-7-13-5-4-6-14(13)11-15/h7-8,11H,3-6,9-10,12H2,1-2H3. The molecule has 0 amide bonds. The van der Waals surface area contributed by atoms with E-state index in [1.807, 2.05) is 6.07 Å². The summed E-state index contributed by atoms with van der Waals surface area (Å²) >= 11 is 0. The molecule has 1 aromatic rings. The first-order valence-electron chi connectivity index (χ1n) is 7.11. The number of aryl methyl sites for hydroxylation is 2. The molecule has 0 fully saturated rings. The van der Waals surface area contributed by atoms with Crippen molar-refractivity contribution in [3.63, 3.8) is 0 Å². The summed E-state index contributed by atoms with van der Waals surface area (Å²) in [4.78, 5) is 14.4. The van der Waals surface area contributed by atoms with Crippen molar-refractivity contribution in [1.82, 2.24) is 4.90 Å². The minimum absolute atomic E-state index is 0.215. The zero-order chi connectivity index (χ0) is 13.7. The van der Waals surface area contributed by atoms with Crippen LogP contribution in [0.25, 0.3) is 0 Å². The second kappa shape index (κ2) is 6.83. The van der Waals surface area contributed by atoms with E-state index in [1.165, 1.54) is 24.0 Å². The number of carbonyl (C=O) groups is 1. The summed E-state index contributed by atoms with van der Waals surface area (Å²) < 4.78 is 5.07. The maximum atomic E-state index is 12.3. The van der Waals surface area contributed by atoms with Gasteiger partial charge in [0.1, 0.15) is 0 Å². The van der Waals surface area contributed by atoms with Crippen LogP contribution in [0.15, 0.2) is 18.2 Å². The summed E-state index contributed by atoms with van der Waals surface area (Å²) in [6.45, 7) is 4.92. The van der Waals surface area contributed by atoms with E-state index in [9.17, 15) is 4.79 Å². The molecule has 0 unspecified atom stereocenters. The van der Waals surface area contributed by atoms with Crippen LogP contribution < -0.4 is 0 Å². The molecule has 3 nitrogen and oxygen atoms in total. The molecule has 0 aliphatic heterocycles. The molecule has 0 spiro atoms. The Morgan fingerprint density at radius 2 is 2.11 bits per heavy atom. The lowest BCUT2D eigenvalue weighted by Crippen LogP contribution is -2.32. The maximum Gasteiger partial charge on any atom is 0.176 e. The van der Waals surface area contributed by atoms with Gasteiger partial charge in [0.05, 0.1) is 13.2 Å². The van der Waals surface area contributed by atoms with Gasteiger partial charge in [0.25, 0.3) is 0 Å². The van der Waals surface area contributed by atoms with Gasteiger partial charge < -0.3 is 4.74 Å². The van der Waals surface area contributed by atoms with Gasteiger partial charge in [-0.2, -0.15) is 0 Å². The Labute approximate surface area is 115 Å². The Morgan fingerprint density at radius 3 is 2.84 bits per heavy atom. The van der Waals surface area contributed by atoms with E-state index in [0.29, 0.717) is 13.2 Å². The lowest BCUT2D eigenvalue weighted by atomic mass is 10.0.